The molecule has 0 radical (unpaired) electrons. The topological polar surface area (TPSA) is 627 Å². The number of ether oxygens (including phenoxy) is 3. The fourth-order valence-electron chi connectivity index (χ4n) is 10.7. The summed E-state index contributed by atoms with van der Waals surface area (Å²) in [6.07, 6.45) is -2.39. The van der Waals surface area contributed by atoms with Crippen LogP contribution in [0.4, 0.5) is 0 Å². The molecule has 39 nitrogen and oxygen atoms in total. The first-order valence-corrected chi connectivity index (χ1v) is 29.5. The molecular formula is C54H69B3N9Na3O30. The minimum absolute atomic E-state index is 0. The number of carboxylic acid groups (broad SMARTS) is 6. The second-order valence-corrected chi connectivity index (χ2v) is 23.4. The van der Waals surface area contributed by atoms with Crippen molar-refractivity contribution in [2.75, 3.05) is 58.9 Å². The van der Waals surface area contributed by atoms with Crippen molar-refractivity contribution in [3.63, 3.8) is 0 Å². The Morgan fingerprint density at radius 3 is 0.828 bits per heavy atom. The van der Waals surface area contributed by atoms with Crippen molar-refractivity contribution in [2.45, 2.75) is 93.9 Å². The number of nitrogens with one attached hydrogen (secondary N) is 3. The van der Waals surface area contributed by atoms with Gasteiger partial charge in [-0.05, 0) is 54.2 Å². The van der Waals surface area contributed by atoms with Gasteiger partial charge in [-0.1, -0.05) is 37.2 Å². The first kappa shape index (κ1) is 84.4. The number of aromatic carboxylic acids is 3. The van der Waals surface area contributed by atoms with Gasteiger partial charge in [0.05, 0.1) is 56.1 Å². The number of nitrogens with two attached hydrogens (primary N) is 3. The van der Waals surface area contributed by atoms with E-state index in [-0.39, 0.29) is 237 Å². The van der Waals surface area contributed by atoms with E-state index in [1.54, 1.807) is 32.9 Å². The summed E-state index contributed by atoms with van der Waals surface area (Å²) in [4.78, 5) is 142. The molecule has 6 aliphatic heterocycles. The van der Waals surface area contributed by atoms with Gasteiger partial charge < -0.3 is 122 Å². The number of aliphatic carboxylic acids is 3. The number of hydrogen-bond donors (Lipinski definition) is 18. The quantitative estimate of drug-likeness (QED) is 0.0315. The van der Waals surface area contributed by atoms with Gasteiger partial charge in [0, 0.05) is 39.3 Å². The molecule has 0 bridgehead atoms. The normalized spacial score (nSPS) is 17.9. The summed E-state index contributed by atoms with van der Waals surface area (Å²) in [5.41, 5.74) is 15.5. The Kier molecular flexibility index (Phi) is 30.7. The van der Waals surface area contributed by atoms with Crippen LogP contribution in [-0.4, -0.2) is 262 Å². The standard InChI is InChI=1S/3C18H23BN3O10.3Na/c3*20-13(23)5-11(17(25)26)21-14(24)8-22-6-10(7-22)31-12-2-1-9-3-4-19(29,30)32-16(9)15(12)18(27)28;;;/h3*1-2,10-11,29-30H,3-8H2,(H2,20,23)(H,21,24)(H,25,26)(H,27,28);;;/q3*-1;3*+1/t3*11-;;;/m111.../s1. The maximum Gasteiger partial charge on any atom is 1.00 e. The van der Waals surface area contributed by atoms with Crippen LogP contribution < -0.4 is 150 Å². The van der Waals surface area contributed by atoms with Crippen molar-refractivity contribution in [1.29, 1.82) is 0 Å². The average Bonchev–Trinajstić information content (AvgIpc) is 0.784. The van der Waals surface area contributed by atoms with Crippen LogP contribution in [0.15, 0.2) is 36.4 Å². The van der Waals surface area contributed by atoms with E-state index < -0.39 is 147 Å². The Morgan fingerprint density at radius 2 is 0.636 bits per heavy atom. The monoisotopic (exact) mass is 1430 g/mol. The largest absolute Gasteiger partial charge is 1.00 e. The predicted molar refractivity (Wildman–Crippen MR) is 321 cm³/mol. The summed E-state index contributed by atoms with van der Waals surface area (Å²) in [6.45, 7) is -8.37. The number of likely N-dealkylation sites (tertiary alicyclic amines) is 3. The van der Waals surface area contributed by atoms with Crippen molar-refractivity contribution >= 4 is 91.5 Å². The molecule has 3 aromatic rings. The first-order chi connectivity index (χ1) is 44.8. The number of carbonyl (C=O) groups is 12. The van der Waals surface area contributed by atoms with Crippen LogP contribution in [0.2, 0.25) is 19.0 Å². The molecule has 0 saturated carbocycles. The smallest absolute Gasteiger partial charge is 0.669 e. The van der Waals surface area contributed by atoms with Gasteiger partial charge in [0.1, 0.15) is 70.4 Å². The maximum absolute atomic E-state index is 12.0. The molecule has 0 spiro atoms. The summed E-state index contributed by atoms with van der Waals surface area (Å²) in [7, 11) is 0. The zero-order chi connectivity index (χ0) is 70.9. The van der Waals surface area contributed by atoms with Crippen LogP contribution in [0.3, 0.4) is 0 Å². The molecule has 3 aromatic carbocycles. The molecule has 9 rings (SSSR count). The maximum atomic E-state index is 12.0. The van der Waals surface area contributed by atoms with Gasteiger partial charge in [-0.2, -0.15) is 0 Å². The van der Waals surface area contributed by atoms with Crippen LogP contribution in [0.5, 0.6) is 34.5 Å². The van der Waals surface area contributed by atoms with Crippen LogP contribution in [0.1, 0.15) is 67.0 Å². The molecule has 0 aliphatic carbocycles. The number of primary amides is 3. The van der Waals surface area contributed by atoms with Crippen molar-refractivity contribution in [3.05, 3.63) is 69.8 Å². The van der Waals surface area contributed by atoms with Gasteiger partial charge in [-0.3, -0.25) is 43.5 Å². The minimum atomic E-state index is -3.15. The second-order valence-electron chi connectivity index (χ2n) is 23.4. The zero-order valence-corrected chi connectivity index (χ0v) is 59.7. The van der Waals surface area contributed by atoms with Crippen molar-refractivity contribution < 1.29 is 235 Å². The molecule has 3 saturated heterocycles. The molecule has 45 heteroatoms. The molecule has 0 aromatic heterocycles. The van der Waals surface area contributed by atoms with Crippen LogP contribution in [0.25, 0.3) is 0 Å². The number of carboxylic acids is 6. The molecule has 21 N–H and O–H groups in total. The fourth-order valence-corrected chi connectivity index (χ4v) is 10.7. The van der Waals surface area contributed by atoms with E-state index in [9.17, 15) is 103 Å². The number of amides is 6. The number of benzene rings is 3. The second kappa shape index (κ2) is 36.0. The van der Waals surface area contributed by atoms with E-state index >= 15 is 0 Å². The molecule has 99 heavy (non-hydrogen) atoms. The number of nitrogens with zero attached hydrogens (tertiary/aromatic N) is 3. The van der Waals surface area contributed by atoms with Crippen LogP contribution in [0, 0.1) is 0 Å². The van der Waals surface area contributed by atoms with Gasteiger partial charge in [-0.25, -0.2) is 28.8 Å². The van der Waals surface area contributed by atoms with E-state index in [0.717, 1.165) is 0 Å². The summed E-state index contributed by atoms with van der Waals surface area (Å²) >= 11 is 0. The SMILES string of the molecule is NC(=O)C[C@@H](NC(=O)CN1CC(Oc2ccc3c(c2C(=O)O)O[B-](O)(O)CC3)C1)C(=O)O.NC(=O)C[C@@H](NC(=O)CN1CC(Oc2ccc3c(c2C(=O)O)O[B-](O)(O)CC3)C1)C(=O)O.NC(=O)C[C@@H](NC(=O)CN1CC(Oc2ccc3c(c2C(=O)O)O[B-](O)(O)CC3)C1)C(=O)O.[Na+].[Na+].[Na+]. The van der Waals surface area contributed by atoms with Gasteiger partial charge in [0.15, 0.2) is 0 Å². The molecule has 3 fully saturated rings. The van der Waals surface area contributed by atoms with E-state index in [1.165, 1.54) is 18.2 Å². The van der Waals surface area contributed by atoms with E-state index in [2.05, 4.69) is 16.0 Å². The molecule has 6 amide bonds. The Morgan fingerprint density at radius 1 is 0.414 bits per heavy atom. The molecule has 6 aliphatic rings. The molecule has 522 valence electrons. The van der Waals surface area contributed by atoms with Crippen LogP contribution >= 0.6 is 0 Å². The first-order valence-electron chi connectivity index (χ1n) is 29.5. The third-order valence-corrected chi connectivity index (χ3v) is 15.4. The number of hydrogen-bond acceptors (Lipinski definition) is 27. The predicted octanol–water partition coefficient (Wildman–Crippen LogP) is -15.7. The Bertz CT molecular complexity index is 3220. The van der Waals surface area contributed by atoms with Gasteiger partial charge in [0.2, 0.25) is 35.4 Å². The van der Waals surface area contributed by atoms with E-state index in [1.807, 2.05) is 0 Å². The fraction of sp³-hybridized carbons (Fsp3) is 0.444. The van der Waals surface area contributed by atoms with E-state index in [4.69, 9.17) is 60.7 Å². The average molecular weight is 1430 g/mol. The Labute approximate surface area is 626 Å². The minimum Gasteiger partial charge on any atom is -0.669 e. The van der Waals surface area contributed by atoms with Crippen molar-refractivity contribution in [2.24, 2.45) is 17.2 Å². The third-order valence-electron chi connectivity index (χ3n) is 15.4. The van der Waals surface area contributed by atoms with Gasteiger partial charge >= 0.3 is 145 Å². The van der Waals surface area contributed by atoms with Gasteiger partial charge in [0.25, 0.3) is 0 Å². The van der Waals surface area contributed by atoms with Crippen molar-refractivity contribution in [1.82, 2.24) is 30.7 Å². The summed E-state index contributed by atoms with van der Waals surface area (Å²) in [5.74, 6) is -13.1. The summed E-state index contributed by atoms with van der Waals surface area (Å²) < 4.78 is 32.5. The number of carbonyl (C=O) groups excluding carboxylic acids is 6. The third kappa shape index (κ3) is 24.0. The molecule has 3 atom stereocenters. The van der Waals surface area contributed by atoms with Gasteiger partial charge in [-0.15, -0.1) is 0 Å². The Hall–Kier alpha value is -7.07. The zero-order valence-electron chi connectivity index (χ0n) is 53.7. The molecule has 0 unspecified atom stereocenters. The Balaban J connectivity index is 0.000000311. The van der Waals surface area contributed by atoms with Crippen LogP contribution in [-0.2, 0) is 62.4 Å². The molecular weight excluding hydrogens is 1360 g/mol. The number of rotatable bonds is 27. The van der Waals surface area contributed by atoms with Crippen molar-refractivity contribution in [3.8, 4) is 34.5 Å². The van der Waals surface area contributed by atoms with E-state index in [0.29, 0.717) is 16.7 Å². The summed E-state index contributed by atoms with van der Waals surface area (Å²) in [6, 6.07) is 4.92. The number of aryl methyl sites for hydroxylation is 3. The molecule has 6 heterocycles. The number of fused-ring (bicyclic) bond motifs is 3. The summed E-state index contributed by atoms with van der Waals surface area (Å²) in [5, 5.41) is 121.